The molecule has 0 N–H and O–H groups in total. The summed E-state index contributed by atoms with van der Waals surface area (Å²) < 4.78 is 4.90. The summed E-state index contributed by atoms with van der Waals surface area (Å²) in [6.45, 7) is 0. The van der Waals surface area contributed by atoms with Gasteiger partial charge in [0.25, 0.3) is 0 Å². The fourth-order valence-electron chi connectivity index (χ4n) is 0.717. The number of ether oxygens (including phenoxy) is 1. The Morgan fingerprint density at radius 1 is 1.55 bits per heavy atom. The van der Waals surface area contributed by atoms with Crippen LogP contribution in [0.25, 0.3) is 0 Å². The lowest BCUT2D eigenvalue weighted by Crippen LogP contribution is -1.83. The lowest BCUT2D eigenvalue weighted by molar-refractivity contribution is 0.414. The molecule has 0 spiro atoms. The van der Waals surface area contributed by atoms with Gasteiger partial charge in [-0.15, -0.1) is 0 Å². The van der Waals surface area contributed by atoms with Crippen molar-refractivity contribution >= 4 is 11.6 Å². The van der Waals surface area contributed by atoms with E-state index in [9.17, 15) is 0 Å². The highest BCUT2D eigenvalue weighted by Crippen LogP contribution is 2.20. The first-order valence-corrected chi connectivity index (χ1v) is 3.39. The fourth-order valence-corrected chi connectivity index (χ4v) is 0.877. The first-order chi connectivity index (χ1) is 5.27. The van der Waals surface area contributed by atoms with Crippen molar-refractivity contribution < 1.29 is 4.74 Å². The molecule has 2 nitrogen and oxygen atoms in total. The molecule has 0 saturated carbocycles. The normalized spacial score (nSPS) is 8.82. The number of methoxy groups -OCH3 is 1. The number of hydrogen-bond acceptors (Lipinski definition) is 2. The first kappa shape index (κ1) is 7.90. The number of halogens is 1. The summed E-state index contributed by atoms with van der Waals surface area (Å²) in [6, 6.07) is 6.91. The molecule has 0 aromatic heterocycles. The van der Waals surface area contributed by atoms with Crippen LogP contribution in [-0.2, 0) is 0 Å². The first-order valence-electron chi connectivity index (χ1n) is 3.01. The summed E-state index contributed by atoms with van der Waals surface area (Å²) >= 11 is 5.68. The second kappa shape index (κ2) is 3.27. The second-order valence-electron chi connectivity index (χ2n) is 1.96. The van der Waals surface area contributed by atoms with Crippen LogP contribution < -0.4 is 4.74 Å². The van der Waals surface area contributed by atoms with Crippen LogP contribution in [0.2, 0.25) is 5.02 Å². The van der Waals surface area contributed by atoms with E-state index in [4.69, 9.17) is 21.6 Å². The molecule has 3 heteroatoms. The minimum Gasteiger partial charge on any atom is -0.497 e. The molecule has 0 amide bonds. The monoisotopic (exact) mass is 167 g/mol. The van der Waals surface area contributed by atoms with Gasteiger partial charge in [0.05, 0.1) is 17.7 Å². The molecular weight excluding hydrogens is 162 g/mol. The number of nitriles is 1. The molecular formula is C8H6ClNO. The number of hydrogen-bond donors (Lipinski definition) is 0. The highest BCUT2D eigenvalue weighted by molar-refractivity contribution is 6.31. The fraction of sp³-hybridized carbons (Fsp3) is 0.125. The van der Waals surface area contributed by atoms with Crippen molar-refractivity contribution in [2.24, 2.45) is 0 Å². The molecule has 0 aliphatic carbocycles. The maximum atomic E-state index is 8.55. The molecule has 56 valence electrons. The quantitative estimate of drug-likeness (QED) is 0.643. The molecule has 0 atom stereocenters. The Hall–Kier alpha value is -1.20. The second-order valence-corrected chi connectivity index (χ2v) is 2.36. The molecule has 1 aromatic carbocycles. The minimum atomic E-state index is 0.436. The summed E-state index contributed by atoms with van der Waals surface area (Å²) in [5, 5.41) is 9.00. The van der Waals surface area contributed by atoms with E-state index in [0.29, 0.717) is 16.3 Å². The standard InChI is InChI=1S/C8H6ClNO/c1-11-7-2-3-8(9)6(4-7)5-10/h2-4H,1H3. The van der Waals surface area contributed by atoms with Gasteiger partial charge in [0.1, 0.15) is 11.8 Å². The Morgan fingerprint density at radius 2 is 2.27 bits per heavy atom. The van der Waals surface area contributed by atoms with Gasteiger partial charge in [-0.05, 0) is 18.2 Å². The molecule has 0 radical (unpaired) electrons. The number of rotatable bonds is 1. The summed E-state index contributed by atoms with van der Waals surface area (Å²) in [5.74, 6) is 0.644. The summed E-state index contributed by atoms with van der Waals surface area (Å²) in [4.78, 5) is 0. The van der Waals surface area contributed by atoms with Crippen LogP contribution in [0.5, 0.6) is 5.75 Å². The van der Waals surface area contributed by atoms with E-state index in [0.717, 1.165) is 0 Å². The number of benzene rings is 1. The Kier molecular flexibility index (Phi) is 2.35. The zero-order chi connectivity index (χ0) is 8.27. The SMILES string of the molecule is COc1ccc(Cl)c(C#N)c1. The average Bonchev–Trinajstić information content (AvgIpc) is 2.05. The largest absolute Gasteiger partial charge is 0.497 e. The maximum absolute atomic E-state index is 8.55. The third kappa shape index (κ3) is 1.63. The van der Waals surface area contributed by atoms with Crippen LogP contribution in [0.15, 0.2) is 18.2 Å². The van der Waals surface area contributed by atoms with Crippen molar-refractivity contribution in [2.45, 2.75) is 0 Å². The van der Waals surface area contributed by atoms with Crippen LogP contribution >= 0.6 is 11.6 Å². The summed E-state index contributed by atoms with van der Waals surface area (Å²) in [6.07, 6.45) is 0. The van der Waals surface area contributed by atoms with Gasteiger partial charge in [-0.1, -0.05) is 11.6 Å². The third-order valence-corrected chi connectivity index (χ3v) is 1.62. The molecule has 0 saturated heterocycles. The van der Waals surface area contributed by atoms with Crippen molar-refractivity contribution in [3.05, 3.63) is 28.8 Å². The maximum Gasteiger partial charge on any atom is 0.120 e. The van der Waals surface area contributed by atoms with Crippen LogP contribution in [0.4, 0.5) is 0 Å². The molecule has 11 heavy (non-hydrogen) atoms. The third-order valence-electron chi connectivity index (χ3n) is 1.29. The van der Waals surface area contributed by atoms with Crippen molar-refractivity contribution in [1.82, 2.24) is 0 Å². The molecule has 0 heterocycles. The van der Waals surface area contributed by atoms with Crippen LogP contribution in [0.3, 0.4) is 0 Å². The molecule has 0 fully saturated rings. The number of nitrogens with zero attached hydrogens (tertiary/aromatic N) is 1. The zero-order valence-electron chi connectivity index (χ0n) is 5.97. The molecule has 0 bridgehead atoms. The lowest BCUT2D eigenvalue weighted by Gasteiger charge is -1.99. The minimum absolute atomic E-state index is 0.436. The van der Waals surface area contributed by atoms with Gasteiger partial charge in [-0.3, -0.25) is 0 Å². The smallest absolute Gasteiger partial charge is 0.120 e. The molecule has 0 aliphatic rings. The predicted octanol–water partition coefficient (Wildman–Crippen LogP) is 2.22. The van der Waals surface area contributed by atoms with Crippen molar-refractivity contribution in [3.8, 4) is 11.8 Å². The molecule has 0 aliphatic heterocycles. The Bertz CT molecular complexity index is 303. The highest BCUT2D eigenvalue weighted by Gasteiger charge is 1.99. The Morgan fingerprint density at radius 3 is 2.82 bits per heavy atom. The van der Waals surface area contributed by atoms with Crippen molar-refractivity contribution in [3.63, 3.8) is 0 Å². The van der Waals surface area contributed by atoms with Crippen LogP contribution in [-0.4, -0.2) is 7.11 Å². The van der Waals surface area contributed by atoms with Gasteiger partial charge in [0.2, 0.25) is 0 Å². The van der Waals surface area contributed by atoms with Crippen molar-refractivity contribution in [2.75, 3.05) is 7.11 Å². The Labute approximate surface area is 70.0 Å². The van der Waals surface area contributed by atoms with Crippen molar-refractivity contribution in [1.29, 1.82) is 5.26 Å². The highest BCUT2D eigenvalue weighted by atomic mass is 35.5. The van der Waals surface area contributed by atoms with E-state index >= 15 is 0 Å². The Balaban J connectivity index is 3.15. The topological polar surface area (TPSA) is 33.0 Å². The predicted molar refractivity (Wildman–Crippen MR) is 42.7 cm³/mol. The zero-order valence-corrected chi connectivity index (χ0v) is 6.72. The van der Waals surface area contributed by atoms with Gasteiger partial charge < -0.3 is 4.74 Å². The molecule has 0 unspecified atom stereocenters. The van der Waals surface area contributed by atoms with Gasteiger partial charge in [0, 0.05) is 0 Å². The van der Waals surface area contributed by atoms with E-state index in [-0.39, 0.29) is 0 Å². The van der Waals surface area contributed by atoms with E-state index in [1.165, 1.54) is 0 Å². The van der Waals surface area contributed by atoms with Crippen LogP contribution in [0, 0.1) is 11.3 Å². The van der Waals surface area contributed by atoms with Crippen LogP contribution in [0.1, 0.15) is 5.56 Å². The average molecular weight is 168 g/mol. The van der Waals surface area contributed by atoms with E-state index in [1.807, 2.05) is 6.07 Å². The van der Waals surface area contributed by atoms with Gasteiger partial charge in [-0.2, -0.15) is 5.26 Å². The van der Waals surface area contributed by atoms with E-state index < -0.39 is 0 Å². The molecule has 1 aromatic rings. The summed E-state index contributed by atoms with van der Waals surface area (Å²) in [7, 11) is 1.55. The molecule has 1 rings (SSSR count). The van der Waals surface area contributed by atoms with Gasteiger partial charge >= 0.3 is 0 Å². The summed E-state index contributed by atoms with van der Waals surface area (Å²) in [5.41, 5.74) is 0.436. The van der Waals surface area contributed by atoms with Gasteiger partial charge in [0.15, 0.2) is 0 Å². The van der Waals surface area contributed by atoms with E-state index in [2.05, 4.69) is 0 Å². The lowest BCUT2D eigenvalue weighted by atomic mass is 10.2. The van der Waals surface area contributed by atoms with Gasteiger partial charge in [-0.25, -0.2) is 0 Å². The van der Waals surface area contributed by atoms with E-state index in [1.54, 1.807) is 25.3 Å².